The topological polar surface area (TPSA) is 84.1 Å². The van der Waals surface area contributed by atoms with Gasteiger partial charge in [-0.15, -0.1) is 22.7 Å². The number of carbonyl (C=O) groups excluding carboxylic acids is 2. The van der Waals surface area contributed by atoms with Gasteiger partial charge in [0.15, 0.2) is 5.13 Å². The normalized spacial score (nSPS) is 10.5. The van der Waals surface area contributed by atoms with Crippen LogP contribution in [-0.2, 0) is 4.74 Å². The second-order valence-corrected chi connectivity index (χ2v) is 6.84. The molecule has 1 amide bonds. The van der Waals surface area contributed by atoms with Gasteiger partial charge in [-0.1, -0.05) is 0 Å². The summed E-state index contributed by atoms with van der Waals surface area (Å²) in [6, 6.07) is 5.36. The summed E-state index contributed by atoms with van der Waals surface area (Å²) < 4.78 is 4.65. The van der Waals surface area contributed by atoms with Crippen molar-refractivity contribution in [1.82, 2.24) is 9.97 Å². The molecule has 0 saturated heterocycles. The van der Waals surface area contributed by atoms with Gasteiger partial charge in [0.2, 0.25) is 0 Å². The number of hydrogen-bond acceptors (Lipinski definition) is 6. The van der Waals surface area contributed by atoms with Crippen LogP contribution in [0.3, 0.4) is 0 Å². The number of amides is 1. The van der Waals surface area contributed by atoms with Gasteiger partial charge >= 0.3 is 5.97 Å². The lowest BCUT2D eigenvalue weighted by molar-refractivity contribution is 0.0594. The van der Waals surface area contributed by atoms with Crippen LogP contribution in [0.4, 0.5) is 5.13 Å². The van der Waals surface area contributed by atoms with E-state index in [0.29, 0.717) is 21.4 Å². The summed E-state index contributed by atoms with van der Waals surface area (Å²) in [5.74, 6) is -0.610. The minimum atomic E-state index is -0.437. The first-order chi connectivity index (χ1) is 11.1. The summed E-state index contributed by atoms with van der Waals surface area (Å²) in [5.41, 5.74) is 1.79. The van der Waals surface area contributed by atoms with E-state index in [1.807, 2.05) is 18.4 Å². The average Bonchev–Trinajstić information content (AvgIpc) is 3.25. The molecule has 3 aromatic heterocycles. The summed E-state index contributed by atoms with van der Waals surface area (Å²) in [6.07, 6.45) is 1.68. The van der Waals surface area contributed by atoms with Crippen molar-refractivity contribution in [2.24, 2.45) is 0 Å². The lowest BCUT2D eigenvalue weighted by atomic mass is 10.2. The van der Waals surface area contributed by atoms with Crippen LogP contribution in [-0.4, -0.2) is 29.0 Å². The molecule has 0 spiro atoms. The van der Waals surface area contributed by atoms with Crippen molar-refractivity contribution < 1.29 is 14.3 Å². The SMILES string of the molecule is COC(=O)c1cc(-c2csc(NC(=O)c3ccc(C)s3)n2)c[nH]1. The maximum atomic E-state index is 12.1. The molecule has 0 radical (unpaired) electrons. The number of methoxy groups -OCH3 is 1. The minimum absolute atomic E-state index is 0.173. The second kappa shape index (κ2) is 6.35. The van der Waals surface area contributed by atoms with Gasteiger partial charge in [-0.2, -0.15) is 0 Å². The Kier molecular flexibility index (Phi) is 4.26. The molecule has 6 nitrogen and oxygen atoms in total. The molecule has 23 heavy (non-hydrogen) atoms. The van der Waals surface area contributed by atoms with Crippen LogP contribution in [0, 0.1) is 6.92 Å². The fraction of sp³-hybridized carbons (Fsp3) is 0.133. The Bertz CT molecular complexity index is 863. The predicted octanol–water partition coefficient (Wildman–Crippen LogP) is 3.55. The Balaban J connectivity index is 1.74. The number of aromatic amines is 1. The number of rotatable bonds is 4. The smallest absolute Gasteiger partial charge is 0.354 e. The van der Waals surface area contributed by atoms with Crippen molar-refractivity contribution in [3.05, 3.63) is 45.2 Å². The quantitative estimate of drug-likeness (QED) is 0.707. The molecular weight excluding hydrogens is 334 g/mol. The van der Waals surface area contributed by atoms with Gasteiger partial charge in [0, 0.05) is 22.0 Å². The Hall–Kier alpha value is -2.45. The van der Waals surface area contributed by atoms with Crippen LogP contribution >= 0.6 is 22.7 Å². The van der Waals surface area contributed by atoms with Gasteiger partial charge in [-0.3, -0.25) is 10.1 Å². The number of nitrogens with one attached hydrogen (secondary N) is 2. The number of thiophene rings is 1. The molecular formula is C15H13N3O3S2. The zero-order valence-electron chi connectivity index (χ0n) is 12.4. The summed E-state index contributed by atoms with van der Waals surface area (Å²) in [7, 11) is 1.33. The fourth-order valence-electron chi connectivity index (χ4n) is 1.95. The van der Waals surface area contributed by atoms with Gasteiger partial charge in [-0.25, -0.2) is 9.78 Å². The Morgan fingerprint density at radius 2 is 2.17 bits per heavy atom. The molecule has 0 saturated carbocycles. The van der Waals surface area contributed by atoms with Gasteiger partial charge in [0.25, 0.3) is 5.91 Å². The van der Waals surface area contributed by atoms with Gasteiger partial charge in [-0.05, 0) is 25.1 Å². The zero-order valence-corrected chi connectivity index (χ0v) is 14.0. The molecule has 3 rings (SSSR count). The number of carbonyl (C=O) groups is 2. The first-order valence-corrected chi connectivity index (χ1v) is 8.37. The highest BCUT2D eigenvalue weighted by Gasteiger charge is 2.14. The predicted molar refractivity (Wildman–Crippen MR) is 90.2 cm³/mol. The average molecular weight is 347 g/mol. The van der Waals surface area contributed by atoms with Crippen molar-refractivity contribution in [3.63, 3.8) is 0 Å². The van der Waals surface area contributed by atoms with Gasteiger partial charge in [0.1, 0.15) is 5.69 Å². The number of esters is 1. The first kappa shape index (κ1) is 15.4. The zero-order chi connectivity index (χ0) is 16.4. The van der Waals surface area contributed by atoms with E-state index >= 15 is 0 Å². The van der Waals surface area contributed by atoms with E-state index in [0.717, 1.165) is 10.4 Å². The van der Waals surface area contributed by atoms with Crippen molar-refractivity contribution in [2.75, 3.05) is 12.4 Å². The maximum absolute atomic E-state index is 12.1. The highest BCUT2D eigenvalue weighted by atomic mass is 32.1. The van der Waals surface area contributed by atoms with E-state index in [4.69, 9.17) is 0 Å². The molecule has 0 fully saturated rings. The number of aryl methyl sites for hydroxylation is 1. The lowest BCUT2D eigenvalue weighted by Gasteiger charge is -1.97. The molecule has 118 valence electrons. The number of anilines is 1. The lowest BCUT2D eigenvalue weighted by Crippen LogP contribution is -2.09. The number of thiazole rings is 1. The van der Waals surface area contributed by atoms with Crippen LogP contribution in [0.2, 0.25) is 0 Å². The number of nitrogens with zero attached hydrogens (tertiary/aromatic N) is 1. The minimum Gasteiger partial charge on any atom is -0.464 e. The molecule has 0 bridgehead atoms. The van der Waals surface area contributed by atoms with E-state index in [-0.39, 0.29) is 5.91 Å². The highest BCUT2D eigenvalue weighted by molar-refractivity contribution is 7.15. The largest absolute Gasteiger partial charge is 0.464 e. The number of H-pyrrole nitrogens is 1. The molecule has 3 heterocycles. The maximum Gasteiger partial charge on any atom is 0.354 e. The number of aromatic nitrogens is 2. The third-order valence-corrected chi connectivity index (χ3v) is 4.83. The van der Waals surface area contributed by atoms with E-state index in [1.54, 1.807) is 18.3 Å². The number of hydrogen-bond donors (Lipinski definition) is 2. The summed E-state index contributed by atoms with van der Waals surface area (Å²) in [5, 5.41) is 5.11. The molecule has 8 heteroatoms. The summed E-state index contributed by atoms with van der Waals surface area (Å²) in [6.45, 7) is 1.95. The van der Waals surface area contributed by atoms with Gasteiger partial charge in [0.05, 0.1) is 17.7 Å². The molecule has 0 unspecified atom stereocenters. The second-order valence-electron chi connectivity index (χ2n) is 4.70. The highest BCUT2D eigenvalue weighted by Crippen LogP contribution is 2.26. The fourth-order valence-corrected chi connectivity index (χ4v) is 3.43. The molecule has 2 N–H and O–H groups in total. The van der Waals surface area contributed by atoms with Gasteiger partial charge < -0.3 is 9.72 Å². The van der Waals surface area contributed by atoms with Crippen LogP contribution in [0.25, 0.3) is 11.3 Å². The third-order valence-electron chi connectivity index (χ3n) is 3.07. The summed E-state index contributed by atoms with van der Waals surface area (Å²) in [4.78, 5) is 32.5. The van der Waals surface area contributed by atoms with E-state index in [2.05, 4.69) is 20.0 Å². The van der Waals surface area contributed by atoms with Crippen LogP contribution < -0.4 is 5.32 Å². The monoisotopic (exact) mass is 347 g/mol. The summed E-state index contributed by atoms with van der Waals surface area (Å²) >= 11 is 2.76. The first-order valence-electron chi connectivity index (χ1n) is 6.67. The van der Waals surface area contributed by atoms with Crippen LogP contribution in [0.1, 0.15) is 25.0 Å². The standard InChI is InChI=1S/C15H13N3O3S2/c1-8-3-4-12(23-8)13(19)18-15-17-11(7-22-15)9-5-10(16-6-9)14(20)21-2/h3-7,16H,1-2H3,(H,17,18,19). The Morgan fingerprint density at radius 3 is 2.87 bits per heavy atom. The molecule has 0 aliphatic carbocycles. The van der Waals surface area contributed by atoms with E-state index < -0.39 is 5.97 Å². The van der Waals surface area contributed by atoms with E-state index in [1.165, 1.54) is 29.8 Å². The van der Waals surface area contributed by atoms with Crippen molar-refractivity contribution in [2.45, 2.75) is 6.92 Å². The molecule has 3 aromatic rings. The van der Waals surface area contributed by atoms with Crippen molar-refractivity contribution in [3.8, 4) is 11.3 Å². The molecule has 0 atom stereocenters. The molecule has 0 aliphatic heterocycles. The Morgan fingerprint density at radius 1 is 1.35 bits per heavy atom. The number of ether oxygens (including phenoxy) is 1. The molecule has 0 aliphatic rings. The van der Waals surface area contributed by atoms with Crippen molar-refractivity contribution >= 4 is 39.7 Å². The van der Waals surface area contributed by atoms with Crippen LogP contribution in [0.5, 0.6) is 0 Å². The van der Waals surface area contributed by atoms with Crippen LogP contribution in [0.15, 0.2) is 29.8 Å². The van der Waals surface area contributed by atoms with Crippen molar-refractivity contribution in [1.29, 1.82) is 0 Å². The molecule has 0 aromatic carbocycles. The third kappa shape index (κ3) is 3.33. The Labute approximate surface area is 140 Å². The van der Waals surface area contributed by atoms with E-state index in [9.17, 15) is 9.59 Å².